The Labute approximate surface area is 105 Å². The molecule has 9 nitrogen and oxygen atoms in total. The average molecular weight is 310 g/mol. The highest BCUT2D eigenvalue weighted by molar-refractivity contribution is 7.60. The van der Waals surface area contributed by atoms with Crippen molar-refractivity contribution in [3.63, 3.8) is 0 Å². The van der Waals surface area contributed by atoms with Gasteiger partial charge in [0.05, 0.1) is 19.3 Å². The molecule has 0 saturated carbocycles. The van der Waals surface area contributed by atoms with E-state index in [0.717, 1.165) is 6.42 Å². The van der Waals surface area contributed by atoms with Crippen molar-refractivity contribution in [3.05, 3.63) is 0 Å². The maximum Gasteiger partial charge on any atom is 0.481 e. The monoisotopic (exact) mass is 310 g/mol. The van der Waals surface area contributed by atoms with Crippen molar-refractivity contribution in [2.24, 2.45) is 0 Å². The van der Waals surface area contributed by atoms with Gasteiger partial charge in [0, 0.05) is 0 Å². The third kappa shape index (κ3) is 18.5. The fourth-order valence-corrected chi connectivity index (χ4v) is 2.11. The van der Waals surface area contributed by atoms with Crippen LogP contribution in [0.5, 0.6) is 0 Å². The first-order chi connectivity index (χ1) is 8.04. The molecular weight excluding hydrogens is 290 g/mol. The Morgan fingerprint density at radius 1 is 1.22 bits per heavy atom. The van der Waals surface area contributed by atoms with Gasteiger partial charge in [0.2, 0.25) is 0 Å². The van der Waals surface area contributed by atoms with Gasteiger partial charge in [0.15, 0.2) is 0 Å². The number of hydrogen-bond donors (Lipinski definition) is 5. The lowest BCUT2D eigenvalue weighted by Crippen LogP contribution is -2.03. The Morgan fingerprint density at radius 2 is 1.67 bits per heavy atom. The zero-order valence-corrected chi connectivity index (χ0v) is 12.0. The largest absolute Gasteiger partial charge is 0.481 e. The van der Waals surface area contributed by atoms with Crippen LogP contribution in [0.3, 0.4) is 0 Å². The van der Waals surface area contributed by atoms with Crippen molar-refractivity contribution >= 4 is 15.6 Å². The number of rotatable bonds is 7. The van der Waals surface area contributed by atoms with E-state index in [1.54, 1.807) is 0 Å². The third-order valence-electron chi connectivity index (χ3n) is 1.23. The first kappa shape index (κ1) is 20.5. The second-order valence-electron chi connectivity index (χ2n) is 3.26. The zero-order chi connectivity index (χ0) is 14.8. The van der Waals surface area contributed by atoms with Crippen molar-refractivity contribution < 1.29 is 42.9 Å². The van der Waals surface area contributed by atoms with Crippen LogP contribution in [0.1, 0.15) is 26.7 Å². The number of phosphoric ester groups is 1. The van der Waals surface area contributed by atoms with Gasteiger partial charge in [-0.25, -0.2) is 9.13 Å². The topological polar surface area (TPSA) is 154 Å². The maximum atomic E-state index is 10.7. The molecule has 5 N–H and O–H groups in total. The number of unbranched alkanes of at least 4 members (excludes halogenated alkanes) is 1. The molecule has 0 amide bonds. The van der Waals surface area contributed by atoms with E-state index in [-0.39, 0.29) is 13.2 Å². The first-order valence-corrected chi connectivity index (χ1v) is 8.09. The Morgan fingerprint density at radius 3 is 1.94 bits per heavy atom. The van der Waals surface area contributed by atoms with E-state index in [2.05, 4.69) is 8.83 Å². The smallest absolute Gasteiger partial charge is 0.394 e. The molecule has 2 atom stereocenters. The van der Waals surface area contributed by atoms with E-state index >= 15 is 0 Å². The van der Waals surface area contributed by atoms with Gasteiger partial charge in [-0.2, -0.15) is 4.31 Å². The molecule has 0 heterocycles. The molecule has 0 spiro atoms. The quantitative estimate of drug-likeness (QED) is 0.331. The lowest BCUT2D eigenvalue weighted by Gasteiger charge is -2.11. The Bertz CT molecular complexity index is 287. The summed E-state index contributed by atoms with van der Waals surface area (Å²) in [5, 5.41) is 16.0. The molecule has 0 rings (SSSR count). The van der Waals surface area contributed by atoms with E-state index in [1.807, 2.05) is 6.92 Å². The first-order valence-electron chi connectivity index (χ1n) is 5.07. The molecule has 0 fully saturated rings. The lowest BCUT2D eigenvalue weighted by molar-refractivity contribution is 0.110. The number of aliphatic hydroxyl groups excluding tert-OH is 2. The van der Waals surface area contributed by atoms with E-state index in [1.165, 1.54) is 6.92 Å². The van der Waals surface area contributed by atoms with Crippen LogP contribution in [0.25, 0.3) is 0 Å². The van der Waals surface area contributed by atoms with E-state index < -0.39 is 21.7 Å². The molecule has 0 saturated heterocycles. The van der Waals surface area contributed by atoms with Crippen molar-refractivity contribution in [1.29, 1.82) is 0 Å². The number of phosphoric acid groups is 2. The molecule has 0 aliphatic carbocycles. The SMILES string of the molecule is CC(O)CO.CCCCOP(=O)(O)OP(=O)(O)O. The summed E-state index contributed by atoms with van der Waals surface area (Å²) in [4.78, 5) is 25.1. The van der Waals surface area contributed by atoms with Gasteiger partial charge in [-0.15, -0.1) is 0 Å². The summed E-state index contributed by atoms with van der Waals surface area (Å²) >= 11 is 0. The predicted octanol–water partition coefficient (Wildman–Crippen LogP) is 0.372. The molecule has 0 aromatic rings. The summed E-state index contributed by atoms with van der Waals surface area (Å²) in [6.45, 7) is 3.14. The molecule has 0 aliphatic heterocycles. The summed E-state index contributed by atoms with van der Waals surface area (Å²) in [6.07, 6.45) is 0.681. The molecule has 11 heteroatoms. The Balaban J connectivity index is 0. The summed E-state index contributed by atoms with van der Waals surface area (Å²) in [6, 6.07) is 0. The van der Waals surface area contributed by atoms with Crippen molar-refractivity contribution in [2.75, 3.05) is 13.2 Å². The van der Waals surface area contributed by atoms with E-state index in [9.17, 15) is 9.13 Å². The van der Waals surface area contributed by atoms with Crippen LogP contribution in [0, 0.1) is 0 Å². The Kier molecular flexibility index (Phi) is 11.4. The fourth-order valence-electron chi connectivity index (χ4n) is 0.482. The van der Waals surface area contributed by atoms with Crippen molar-refractivity contribution in [2.45, 2.75) is 32.8 Å². The van der Waals surface area contributed by atoms with Crippen molar-refractivity contribution in [1.82, 2.24) is 0 Å². The maximum absolute atomic E-state index is 10.7. The normalized spacial score (nSPS) is 16.4. The van der Waals surface area contributed by atoms with Gasteiger partial charge in [0.25, 0.3) is 0 Å². The summed E-state index contributed by atoms with van der Waals surface area (Å²) in [5.41, 5.74) is 0. The van der Waals surface area contributed by atoms with Crippen LogP contribution in [-0.4, -0.2) is 44.2 Å². The summed E-state index contributed by atoms with van der Waals surface area (Å²) in [7, 11) is -9.58. The molecule has 0 aromatic carbocycles. The van der Waals surface area contributed by atoms with Gasteiger partial charge in [0.1, 0.15) is 0 Å². The number of aliphatic hydroxyl groups is 2. The van der Waals surface area contributed by atoms with E-state index in [0.29, 0.717) is 6.42 Å². The highest BCUT2D eigenvalue weighted by Gasteiger charge is 2.31. The minimum absolute atomic E-state index is 0.0791. The third-order valence-corrected chi connectivity index (χ3v) is 3.41. The fraction of sp³-hybridized carbons (Fsp3) is 1.00. The highest BCUT2D eigenvalue weighted by atomic mass is 31.3. The van der Waals surface area contributed by atoms with Crippen LogP contribution in [-0.2, 0) is 18.0 Å². The predicted molar refractivity (Wildman–Crippen MR) is 62.6 cm³/mol. The second-order valence-corrected chi connectivity index (χ2v) is 6.09. The van der Waals surface area contributed by atoms with Crippen LogP contribution >= 0.6 is 15.6 Å². The van der Waals surface area contributed by atoms with Gasteiger partial charge in [-0.1, -0.05) is 13.3 Å². The molecule has 2 unspecified atom stereocenters. The van der Waals surface area contributed by atoms with Gasteiger partial charge >= 0.3 is 15.6 Å². The van der Waals surface area contributed by atoms with E-state index in [4.69, 9.17) is 24.9 Å². The lowest BCUT2D eigenvalue weighted by atomic mass is 10.4. The number of hydrogen-bond acceptors (Lipinski definition) is 6. The summed E-state index contributed by atoms with van der Waals surface area (Å²) in [5.74, 6) is 0. The van der Waals surface area contributed by atoms with Gasteiger partial charge in [-0.05, 0) is 13.3 Å². The molecule has 112 valence electrons. The van der Waals surface area contributed by atoms with Crippen LogP contribution in [0.2, 0.25) is 0 Å². The van der Waals surface area contributed by atoms with Gasteiger partial charge in [-0.3, -0.25) is 4.52 Å². The zero-order valence-electron chi connectivity index (χ0n) is 10.2. The summed E-state index contributed by atoms with van der Waals surface area (Å²) < 4.78 is 28.6. The minimum Gasteiger partial charge on any atom is -0.394 e. The Hall–Kier alpha value is 0.180. The van der Waals surface area contributed by atoms with Crippen LogP contribution in [0.15, 0.2) is 0 Å². The molecule has 0 aromatic heterocycles. The molecule has 18 heavy (non-hydrogen) atoms. The highest BCUT2D eigenvalue weighted by Crippen LogP contribution is 2.57. The molecule has 0 radical (unpaired) electrons. The molecule has 0 aliphatic rings. The minimum atomic E-state index is -4.97. The standard InChI is InChI=1S/C4H12O7P2.C3H8O2/c1-2-3-4-10-13(8,9)11-12(5,6)7;1-3(5)2-4/h2-4H2,1H3,(H,8,9)(H2,5,6,7);3-5H,2H2,1H3. The van der Waals surface area contributed by atoms with Crippen molar-refractivity contribution in [3.8, 4) is 0 Å². The van der Waals surface area contributed by atoms with Crippen LogP contribution < -0.4 is 0 Å². The second kappa shape index (κ2) is 10.0. The molecule has 0 bridgehead atoms. The van der Waals surface area contributed by atoms with Crippen LogP contribution in [0.4, 0.5) is 0 Å². The molecular formula is C7H20O9P2. The average Bonchev–Trinajstić information content (AvgIpc) is 2.15. The van der Waals surface area contributed by atoms with Gasteiger partial charge < -0.3 is 24.9 Å².